The molecule has 0 aliphatic carbocycles. The number of aromatic hydroxyl groups is 1. The third kappa shape index (κ3) is 9.86. The van der Waals surface area contributed by atoms with Crippen molar-refractivity contribution >= 4 is 22.7 Å². The number of anilines is 1. The number of aromatic nitrogens is 1. The minimum absolute atomic E-state index is 0. The maximum atomic E-state index is 11.6. The molecule has 0 saturated carbocycles. The van der Waals surface area contributed by atoms with E-state index < -0.39 is 12.2 Å². The number of aryl methyl sites for hydroxylation is 1. The maximum absolute atomic E-state index is 11.6. The van der Waals surface area contributed by atoms with E-state index >= 15 is 0 Å². The highest BCUT2D eigenvalue weighted by Crippen LogP contribution is 2.30. The Morgan fingerprint density at radius 2 is 1.60 bits per heavy atom. The molecule has 11 heteroatoms. The summed E-state index contributed by atoms with van der Waals surface area (Å²) in [5.41, 5.74) is 5.33. The number of hydrogen-bond donors (Lipinski definition) is 6. The van der Waals surface area contributed by atoms with Crippen LogP contribution in [0.25, 0.3) is 22.0 Å². The van der Waals surface area contributed by atoms with Gasteiger partial charge in [-0.25, -0.2) is 4.79 Å². The molecule has 0 aliphatic rings. The fraction of sp³-hybridized carbons (Fsp3) is 0.222. The molecule has 1 heterocycles. The zero-order valence-electron chi connectivity index (χ0n) is 25.6. The lowest BCUT2D eigenvalue weighted by molar-refractivity contribution is 0.176. The SMILES string of the molecule is F.F.O=C(O)Nc1ccc(CCCCOc2ccc(CCNC[C@H](O)c3ccc(O)c4[nH]c(=O)ccc34)cc2)cc1-c1ccccc1. The minimum atomic E-state index is -1.08. The van der Waals surface area contributed by atoms with Gasteiger partial charge in [0, 0.05) is 23.6 Å². The largest absolute Gasteiger partial charge is 0.506 e. The van der Waals surface area contributed by atoms with E-state index in [4.69, 9.17) is 4.74 Å². The van der Waals surface area contributed by atoms with Gasteiger partial charge in [-0.1, -0.05) is 54.6 Å². The second-order valence-corrected chi connectivity index (χ2v) is 10.9. The highest BCUT2D eigenvalue weighted by atomic mass is 19.0. The molecule has 47 heavy (non-hydrogen) atoms. The van der Waals surface area contributed by atoms with Gasteiger partial charge in [0.1, 0.15) is 11.5 Å². The maximum Gasteiger partial charge on any atom is 0.409 e. The molecule has 5 aromatic rings. The number of carboxylic acid groups (broad SMARTS) is 1. The first-order valence-electron chi connectivity index (χ1n) is 15.0. The number of H-pyrrole nitrogens is 1. The van der Waals surface area contributed by atoms with E-state index in [0.717, 1.165) is 53.7 Å². The number of hydrogen-bond acceptors (Lipinski definition) is 6. The summed E-state index contributed by atoms with van der Waals surface area (Å²) in [6, 6.07) is 29.7. The molecule has 0 aliphatic heterocycles. The average molecular weight is 648 g/mol. The number of aromatic amines is 1. The summed E-state index contributed by atoms with van der Waals surface area (Å²) >= 11 is 0. The Morgan fingerprint density at radius 1 is 0.851 bits per heavy atom. The summed E-state index contributed by atoms with van der Waals surface area (Å²) in [5, 5.41) is 36.4. The second kappa shape index (κ2) is 17.4. The monoisotopic (exact) mass is 647 g/mol. The predicted octanol–water partition coefficient (Wildman–Crippen LogP) is 6.56. The molecule has 5 rings (SSSR count). The standard InChI is InChI=1S/C36H37N3O6.2FH/c40-32-17-14-28(29-15-18-34(42)39-35(29)32)33(41)23-37-20-19-24-9-12-27(13-10-24)45-21-5-4-6-25-11-16-31(38-36(43)44)30(22-25)26-7-2-1-3-8-26;;/h1-3,7-18,22,33,37-38,40-41H,4-6,19-21,23H2,(H,39,42)(H,43,44);2*1H/t33-;;/m0../s1. The molecule has 6 N–H and O–H groups in total. The van der Waals surface area contributed by atoms with Crippen LogP contribution in [0.3, 0.4) is 0 Å². The number of halogens is 2. The van der Waals surface area contributed by atoms with Crippen LogP contribution in [0.15, 0.2) is 102 Å². The third-order valence-corrected chi connectivity index (χ3v) is 7.66. The smallest absolute Gasteiger partial charge is 0.409 e. The summed E-state index contributed by atoms with van der Waals surface area (Å²) in [7, 11) is 0. The van der Waals surface area contributed by atoms with Gasteiger partial charge in [0.25, 0.3) is 0 Å². The third-order valence-electron chi connectivity index (χ3n) is 7.66. The number of unbranched alkanes of at least 4 members (excludes halogenated alkanes) is 1. The van der Waals surface area contributed by atoms with Gasteiger partial charge in [-0.05, 0) is 90.9 Å². The van der Waals surface area contributed by atoms with Crippen molar-refractivity contribution in [1.29, 1.82) is 0 Å². The van der Waals surface area contributed by atoms with Crippen LogP contribution in [0.5, 0.6) is 11.5 Å². The topological polar surface area (TPSA) is 144 Å². The zero-order chi connectivity index (χ0) is 31.6. The zero-order valence-corrected chi connectivity index (χ0v) is 25.6. The lowest BCUT2D eigenvalue weighted by Gasteiger charge is -2.15. The first-order chi connectivity index (χ1) is 21.9. The van der Waals surface area contributed by atoms with Crippen molar-refractivity contribution in [2.24, 2.45) is 0 Å². The van der Waals surface area contributed by atoms with Crippen LogP contribution in [-0.2, 0) is 12.8 Å². The molecule has 0 radical (unpaired) electrons. The molecular weight excluding hydrogens is 608 g/mol. The van der Waals surface area contributed by atoms with Crippen molar-refractivity contribution in [1.82, 2.24) is 10.3 Å². The van der Waals surface area contributed by atoms with E-state index in [-0.39, 0.29) is 20.7 Å². The highest BCUT2D eigenvalue weighted by Gasteiger charge is 2.14. The van der Waals surface area contributed by atoms with Gasteiger partial charge in [-0.3, -0.25) is 19.5 Å². The lowest BCUT2D eigenvalue weighted by atomic mass is 9.98. The molecule has 4 aromatic carbocycles. The fourth-order valence-electron chi connectivity index (χ4n) is 5.33. The quantitative estimate of drug-likeness (QED) is 0.0749. The number of benzene rings is 4. The van der Waals surface area contributed by atoms with E-state index in [1.54, 1.807) is 12.1 Å². The summed E-state index contributed by atoms with van der Waals surface area (Å²) in [6.07, 6.45) is 1.58. The van der Waals surface area contributed by atoms with Gasteiger partial charge >= 0.3 is 6.09 Å². The van der Waals surface area contributed by atoms with Crippen LogP contribution in [0.2, 0.25) is 0 Å². The van der Waals surface area contributed by atoms with Crippen molar-refractivity contribution in [3.63, 3.8) is 0 Å². The van der Waals surface area contributed by atoms with Crippen LogP contribution in [-0.4, -0.2) is 46.1 Å². The molecule has 0 fully saturated rings. The van der Waals surface area contributed by atoms with Crippen LogP contribution < -0.4 is 20.9 Å². The molecule has 248 valence electrons. The second-order valence-electron chi connectivity index (χ2n) is 10.9. The highest BCUT2D eigenvalue weighted by molar-refractivity contribution is 5.90. The Morgan fingerprint density at radius 3 is 2.34 bits per heavy atom. The Labute approximate surface area is 270 Å². The summed E-state index contributed by atoms with van der Waals surface area (Å²) in [5.74, 6) is 0.783. The number of ether oxygens (including phenoxy) is 1. The van der Waals surface area contributed by atoms with Crippen molar-refractivity contribution in [2.75, 3.05) is 25.0 Å². The van der Waals surface area contributed by atoms with Gasteiger partial charge in [0.05, 0.1) is 23.9 Å². The first kappa shape index (κ1) is 36.2. The number of nitrogens with one attached hydrogen (secondary N) is 3. The lowest BCUT2D eigenvalue weighted by Crippen LogP contribution is -2.24. The molecule has 1 amide bonds. The van der Waals surface area contributed by atoms with Gasteiger partial charge in [0.15, 0.2) is 0 Å². The molecule has 1 aromatic heterocycles. The molecule has 0 bridgehead atoms. The number of rotatable bonds is 14. The Hall–Kier alpha value is -5.26. The van der Waals surface area contributed by atoms with Gasteiger partial charge < -0.3 is 30.4 Å². The number of carbonyl (C=O) groups is 1. The van der Waals surface area contributed by atoms with E-state index in [0.29, 0.717) is 41.9 Å². The molecule has 1 atom stereocenters. The Balaban J connectivity index is 0.00000300. The van der Waals surface area contributed by atoms with E-state index in [9.17, 15) is 24.9 Å². The van der Waals surface area contributed by atoms with Crippen LogP contribution >= 0.6 is 0 Å². The van der Waals surface area contributed by atoms with Crippen molar-refractivity contribution < 1.29 is 34.3 Å². The number of phenols is 1. The number of aliphatic hydroxyl groups is 1. The van der Waals surface area contributed by atoms with Crippen LogP contribution in [0.1, 0.15) is 35.6 Å². The van der Waals surface area contributed by atoms with Gasteiger partial charge in [-0.15, -0.1) is 0 Å². The number of amides is 1. The molecule has 0 saturated heterocycles. The molecule has 0 unspecified atom stereocenters. The van der Waals surface area contributed by atoms with Crippen LogP contribution in [0.4, 0.5) is 19.9 Å². The number of aliphatic hydroxyl groups excluding tert-OH is 1. The number of fused-ring (bicyclic) bond motifs is 1. The van der Waals surface area contributed by atoms with Crippen LogP contribution in [0, 0.1) is 0 Å². The number of phenolic OH excluding ortho intramolecular Hbond substituents is 1. The van der Waals surface area contributed by atoms with Gasteiger partial charge in [0.2, 0.25) is 5.56 Å². The van der Waals surface area contributed by atoms with Crippen molar-refractivity contribution in [3.8, 4) is 22.6 Å². The van der Waals surface area contributed by atoms with Crippen molar-refractivity contribution in [2.45, 2.75) is 31.8 Å². The summed E-state index contributed by atoms with van der Waals surface area (Å²) in [4.78, 5) is 25.5. The fourth-order valence-corrected chi connectivity index (χ4v) is 5.33. The van der Waals surface area contributed by atoms with Gasteiger partial charge in [-0.2, -0.15) is 0 Å². The number of pyridine rings is 1. The molecular formula is C36H39F2N3O6. The first-order valence-corrected chi connectivity index (χ1v) is 15.0. The van der Waals surface area contributed by atoms with E-state index in [1.807, 2.05) is 72.8 Å². The average Bonchev–Trinajstić information content (AvgIpc) is 3.04. The minimum Gasteiger partial charge on any atom is -0.506 e. The molecule has 0 spiro atoms. The predicted molar refractivity (Wildman–Crippen MR) is 181 cm³/mol. The summed E-state index contributed by atoms with van der Waals surface area (Å²) < 4.78 is 5.95. The Kier molecular flexibility index (Phi) is 13.4. The normalized spacial score (nSPS) is 11.3. The Bertz CT molecular complexity index is 1800. The summed E-state index contributed by atoms with van der Waals surface area (Å²) in [6.45, 7) is 1.60. The van der Waals surface area contributed by atoms with E-state index in [1.165, 1.54) is 12.1 Å². The van der Waals surface area contributed by atoms with Crippen molar-refractivity contribution in [3.05, 3.63) is 124 Å². The molecule has 9 nitrogen and oxygen atoms in total. The van der Waals surface area contributed by atoms with E-state index in [2.05, 4.69) is 15.6 Å².